The van der Waals surface area contributed by atoms with Gasteiger partial charge in [-0.2, -0.15) is 0 Å². The summed E-state index contributed by atoms with van der Waals surface area (Å²) in [6, 6.07) is 22.7. The van der Waals surface area contributed by atoms with Crippen molar-refractivity contribution >= 4 is 5.91 Å². The first-order valence-electron chi connectivity index (χ1n) is 11.0. The summed E-state index contributed by atoms with van der Waals surface area (Å²) in [5.41, 5.74) is 3.36. The Morgan fingerprint density at radius 1 is 1.03 bits per heavy atom. The number of amides is 1. The fourth-order valence-electron chi connectivity index (χ4n) is 4.03. The average molecular weight is 440 g/mol. The Hall–Kier alpha value is -4.06. The normalized spacial score (nSPS) is 12.3. The van der Waals surface area contributed by atoms with Gasteiger partial charge >= 0.3 is 0 Å². The molecule has 166 valence electrons. The second-order valence-corrected chi connectivity index (χ2v) is 7.99. The lowest BCUT2D eigenvalue weighted by Gasteiger charge is -2.14. The van der Waals surface area contributed by atoms with Crippen molar-refractivity contribution < 1.29 is 14.3 Å². The van der Waals surface area contributed by atoms with E-state index in [2.05, 4.69) is 16.1 Å². The minimum absolute atomic E-state index is 0.175. The smallest absolute Gasteiger partial charge is 0.251 e. The van der Waals surface area contributed by atoms with Gasteiger partial charge in [0.2, 0.25) is 0 Å². The van der Waals surface area contributed by atoms with Gasteiger partial charge in [-0.3, -0.25) is 4.79 Å². The molecule has 0 aliphatic carbocycles. The number of methoxy groups -OCH3 is 1. The Morgan fingerprint density at radius 3 is 2.70 bits per heavy atom. The molecule has 1 N–H and O–H groups in total. The Kier molecular flexibility index (Phi) is 5.81. The maximum absolute atomic E-state index is 12.8. The molecule has 6 heteroatoms. The highest BCUT2D eigenvalue weighted by Gasteiger charge is 2.16. The van der Waals surface area contributed by atoms with Gasteiger partial charge in [-0.25, -0.2) is 4.98 Å². The monoisotopic (exact) mass is 439 g/mol. The van der Waals surface area contributed by atoms with Crippen LogP contribution in [-0.4, -0.2) is 22.6 Å². The molecule has 0 unspecified atom stereocenters. The molecular formula is C27H25N3O3. The molecule has 0 spiro atoms. The van der Waals surface area contributed by atoms with Crippen LogP contribution in [0.25, 0.3) is 11.3 Å². The number of rotatable bonds is 7. The van der Waals surface area contributed by atoms with Crippen molar-refractivity contribution in [3.8, 4) is 28.5 Å². The van der Waals surface area contributed by atoms with E-state index in [0.717, 1.165) is 47.8 Å². The molecular weight excluding hydrogens is 414 g/mol. The van der Waals surface area contributed by atoms with E-state index in [1.807, 2.05) is 54.6 Å². The molecule has 5 rings (SSSR count). The predicted octanol–water partition coefficient (Wildman–Crippen LogP) is 5.23. The fourth-order valence-corrected chi connectivity index (χ4v) is 4.03. The Labute approximate surface area is 192 Å². The maximum atomic E-state index is 12.8. The number of nitrogens with one attached hydrogen (secondary N) is 1. The summed E-state index contributed by atoms with van der Waals surface area (Å²) >= 11 is 0. The zero-order valence-corrected chi connectivity index (χ0v) is 18.5. The summed E-state index contributed by atoms with van der Waals surface area (Å²) in [5, 5.41) is 3.01. The van der Waals surface area contributed by atoms with Gasteiger partial charge in [0.05, 0.1) is 12.8 Å². The molecule has 6 nitrogen and oxygen atoms in total. The summed E-state index contributed by atoms with van der Waals surface area (Å²) < 4.78 is 13.6. The van der Waals surface area contributed by atoms with Gasteiger partial charge in [-0.1, -0.05) is 24.3 Å². The van der Waals surface area contributed by atoms with Crippen LogP contribution in [0.2, 0.25) is 0 Å². The van der Waals surface area contributed by atoms with E-state index in [1.54, 1.807) is 25.3 Å². The molecule has 4 aromatic rings. The van der Waals surface area contributed by atoms with Crippen LogP contribution in [0.1, 0.15) is 28.2 Å². The van der Waals surface area contributed by atoms with Crippen molar-refractivity contribution in [2.75, 3.05) is 7.11 Å². The van der Waals surface area contributed by atoms with E-state index in [1.165, 1.54) is 0 Å². The van der Waals surface area contributed by atoms with Crippen LogP contribution in [0.15, 0.2) is 79.0 Å². The van der Waals surface area contributed by atoms with Crippen LogP contribution in [-0.2, 0) is 19.5 Å². The van der Waals surface area contributed by atoms with E-state index in [4.69, 9.17) is 14.5 Å². The number of aromatic nitrogens is 2. The third kappa shape index (κ3) is 4.60. The second kappa shape index (κ2) is 9.20. The van der Waals surface area contributed by atoms with Gasteiger partial charge in [0.25, 0.3) is 5.91 Å². The molecule has 3 aromatic carbocycles. The van der Waals surface area contributed by atoms with Crippen molar-refractivity contribution in [2.24, 2.45) is 0 Å². The first-order valence-corrected chi connectivity index (χ1v) is 11.0. The van der Waals surface area contributed by atoms with Gasteiger partial charge in [-0.05, 0) is 55.0 Å². The molecule has 0 fully saturated rings. The molecule has 0 atom stereocenters. The van der Waals surface area contributed by atoms with E-state index < -0.39 is 0 Å². The summed E-state index contributed by atoms with van der Waals surface area (Å²) in [6.45, 7) is 1.33. The molecule has 2 heterocycles. The Bertz CT molecular complexity index is 1260. The number of benzene rings is 3. The number of ether oxygens (including phenoxy) is 2. The number of fused-ring (bicyclic) bond motifs is 1. The lowest BCUT2D eigenvalue weighted by atomic mass is 10.1. The number of hydrogen-bond donors (Lipinski definition) is 1. The standard InChI is InChI=1S/C27H25N3O3/c1-32-23-10-5-7-20(16-23)27(31)28-17-21-15-19(24-18-30-14-6-11-26(30)29-24)12-13-25(21)33-22-8-3-2-4-9-22/h2-5,7-10,12-13,15-16,18H,6,11,14,17H2,1H3,(H,28,31). The number of imidazole rings is 1. The van der Waals surface area contributed by atoms with Crippen molar-refractivity contribution in [1.82, 2.24) is 14.9 Å². The molecule has 0 bridgehead atoms. The molecule has 1 aliphatic heterocycles. The van der Waals surface area contributed by atoms with Gasteiger partial charge < -0.3 is 19.4 Å². The second-order valence-electron chi connectivity index (χ2n) is 7.99. The van der Waals surface area contributed by atoms with Gasteiger partial charge in [0, 0.05) is 42.4 Å². The lowest BCUT2D eigenvalue weighted by molar-refractivity contribution is 0.0950. The van der Waals surface area contributed by atoms with Crippen LogP contribution < -0.4 is 14.8 Å². The average Bonchev–Trinajstić information content (AvgIpc) is 3.47. The van der Waals surface area contributed by atoms with Gasteiger partial charge in [-0.15, -0.1) is 0 Å². The maximum Gasteiger partial charge on any atom is 0.251 e. The first-order chi connectivity index (χ1) is 16.2. The predicted molar refractivity (Wildman–Crippen MR) is 127 cm³/mol. The van der Waals surface area contributed by atoms with E-state index >= 15 is 0 Å². The van der Waals surface area contributed by atoms with Crippen molar-refractivity contribution in [3.05, 3.63) is 95.9 Å². The summed E-state index contributed by atoms with van der Waals surface area (Å²) in [6.07, 6.45) is 4.26. The van der Waals surface area contributed by atoms with Crippen molar-refractivity contribution in [2.45, 2.75) is 25.9 Å². The lowest BCUT2D eigenvalue weighted by Crippen LogP contribution is -2.23. The Balaban J connectivity index is 1.42. The van der Waals surface area contributed by atoms with Gasteiger partial charge in [0.15, 0.2) is 0 Å². The molecule has 0 saturated heterocycles. The number of carbonyl (C=O) groups is 1. The molecule has 1 amide bonds. The minimum Gasteiger partial charge on any atom is -0.497 e. The number of hydrogen-bond acceptors (Lipinski definition) is 4. The SMILES string of the molecule is COc1cccc(C(=O)NCc2cc(-c3cn4c(n3)CCC4)ccc2Oc2ccccc2)c1. The molecule has 0 saturated carbocycles. The summed E-state index contributed by atoms with van der Waals surface area (Å²) in [7, 11) is 1.58. The van der Waals surface area contributed by atoms with Crippen molar-refractivity contribution in [1.29, 1.82) is 0 Å². The van der Waals surface area contributed by atoms with Crippen LogP contribution in [0, 0.1) is 0 Å². The van der Waals surface area contributed by atoms with E-state index in [9.17, 15) is 4.79 Å². The van der Waals surface area contributed by atoms with Gasteiger partial charge in [0.1, 0.15) is 23.1 Å². The number of aryl methyl sites for hydroxylation is 2. The topological polar surface area (TPSA) is 65.4 Å². The largest absolute Gasteiger partial charge is 0.497 e. The van der Waals surface area contributed by atoms with Crippen LogP contribution in [0.3, 0.4) is 0 Å². The highest BCUT2D eigenvalue weighted by Crippen LogP contribution is 2.31. The fraction of sp³-hybridized carbons (Fsp3) is 0.185. The zero-order valence-electron chi connectivity index (χ0n) is 18.5. The highest BCUT2D eigenvalue weighted by molar-refractivity contribution is 5.94. The molecule has 1 aliphatic rings. The quantitative estimate of drug-likeness (QED) is 0.428. The minimum atomic E-state index is -0.175. The molecule has 1 aromatic heterocycles. The third-order valence-corrected chi connectivity index (χ3v) is 5.76. The number of para-hydroxylation sites is 1. The zero-order chi connectivity index (χ0) is 22.6. The van der Waals surface area contributed by atoms with Crippen molar-refractivity contribution in [3.63, 3.8) is 0 Å². The van der Waals surface area contributed by atoms with Crippen LogP contribution >= 0.6 is 0 Å². The molecule has 0 radical (unpaired) electrons. The molecule has 33 heavy (non-hydrogen) atoms. The van der Waals surface area contributed by atoms with Crippen LogP contribution in [0.4, 0.5) is 0 Å². The first kappa shape index (κ1) is 20.8. The number of nitrogens with zero attached hydrogens (tertiary/aromatic N) is 2. The summed E-state index contributed by atoms with van der Waals surface area (Å²) in [4.78, 5) is 17.6. The van der Waals surface area contributed by atoms with E-state index in [0.29, 0.717) is 23.6 Å². The third-order valence-electron chi connectivity index (χ3n) is 5.76. The Morgan fingerprint density at radius 2 is 1.88 bits per heavy atom. The summed E-state index contributed by atoms with van der Waals surface area (Å²) in [5.74, 6) is 3.04. The number of carbonyl (C=O) groups excluding carboxylic acids is 1. The van der Waals surface area contributed by atoms with Crippen LogP contribution in [0.5, 0.6) is 17.2 Å². The van der Waals surface area contributed by atoms with E-state index in [-0.39, 0.29) is 5.91 Å². The highest BCUT2D eigenvalue weighted by atomic mass is 16.5.